The van der Waals surface area contributed by atoms with Crippen molar-refractivity contribution in [3.8, 4) is 0 Å². The van der Waals surface area contributed by atoms with Gasteiger partial charge < -0.3 is 104 Å². The van der Waals surface area contributed by atoms with Crippen LogP contribution in [0.1, 0.15) is 113 Å². The Morgan fingerprint density at radius 2 is 1.23 bits per heavy atom. The Hall–Kier alpha value is -1.59. The number of carbonyl (C=O) groups is 1. The van der Waals surface area contributed by atoms with E-state index in [2.05, 4.69) is 40.7 Å². The van der Waals surface area contributed by atoms with Crippen LogP contribution < -0.4 is 0 Å². The normalized spacial score (nSPS) is 54.8. The minimum Gasteiger partial charge on any atom is -0.432 e. The van der Waals surface area contributed by atoms with Gasteiger partial charge in [0.05, 0.1) is 44.1 Å². The number of hydrogen-bond donors (Lipinski definition) is 13. The third-order valence-corrected chi connectivity index (χ3v) is 21.2. The second kappa shape index (κ2) is 21.1. The summed E-state index contributed by atoms with van der Waals surface area (Å²) in [6.07, 6.45) is -21.1. The predicted molar refractivity (Wildman–Crippen MR) is 257 cm³/mol. The molecular formula is C53H86O22. The molecule has 4 saturated carbocycles. The van der Waals surface area contributed by atoms with Crippen molar-refractivity contribution in [3.05, 3.63) is 11.6 Å². The van der Waals surface area contributed by atoms with E-state index in [0.717, 1.165) is 38.5 Å². The average molecular weight is 1080 g/mol. The first-order valence-electron chi connectivity index (χ1n) is 27.3. The largest absolute Gasteiger partial charge is 0.432 e. The Balaban J connectivity index is 0.899. The van der Waals surface area contributed by atoms with E-state index in [9.17, 15) is 71.2 Å². The number of fused-ring (bicyclic) bond motifs is 7. The van der Waals surface area contributed by atoms with E-state index in [0.29, 0.717) is 25.7 Å². The Morgan fingerprint density at radius 1 is 0.613 bits per heavy atom. The lowest BCUT2D eigenvalue weighted by Gasteiger charge is -2.71. The molecule has 0 aromatic rings. The SMILES string of the molecule is C[C@@H]1O[C@@H](O[C@H]2[C@H](O[C@H]3CO[C@@H](OC4CCC5(C)C(CCC6(C)C5CC=C5C7CC(C)(C)CCC7(C(=O)O[C@@H]7O[C@H](CO)[C@@H](O)[C@H](O)[C@H]7O)CCC56C)C4(C)CO)[C@H](O)[C@H]3O)O[C@H](CO)[C@@H](O)[C@@H]2O)[C@H](O)[C@H](O)[C@@H]1O. The molecule has 4 heterocycles. The molecule has 0 amide bonds. The highest BCUT2D eigenvalue weighted by Crippen LogP contribution is 2.76. The van der Waals surface area contributed by atoms with Gasteiger partial charge in [0.25, 0.3) is 0 Å². The topological polar surface area (TPSA) is 354 Å². The second-order valence-corrected chi connectivity index (χ2v) is 25.6. The van der Waals surface area contributed by atoms with Crippen molar-refractivity contribution in [2.75, 3.05) is 26.4 Å². The average Bonchev–Trinajstić information content (AvgIpc) is 3.39. The van der Waals surface area contributed by atoms with E-state index < -0.39 is 153 Å². The molecule has 5 aliphatic carbocycles. The zero-order valence-corrected chi connectivity index (χ0v) is 44.2. The third-order valence-electron chi connectivity index (χ3n) is 21.2. The van der Waals surface area contributed by atoms with Gasteiger partial charge in [0.2, 0.25) is 6.29 Å². The van der Waals surface area contributed by atoms with Crippen LogP contribution in [-0.4, -0.2) is 222 Å². The van der Waals surface area contributed by atoms with Crippen LogP contribution in [0, 0.1) is 50.2 Å². The summed E-state index contributed by atoms with van der Waals surface area (Å²) in [4.78, 5) is 14.7. The number of hydrogen-bond acceptors (Lipinski definition) is 22. The van der Waals surface area contributed by atoms with Crippen LogP contribution in [0.15, 0.2) is 11.6 Å². The van der Waals surface area contributed by atoms with Crippen molar-refractivity contribution in [2.45, 2.75) is 235 Å². The Morgan fingerprint density at radius 3 is 1.89 bits per heavy atom. The number of allylic oxidation sites excluding steroid dienone is 2. The smallest absolute Gasteiger partial charge is 0.315 e. The number of aliphatic hydroxyl groups excluding tert-OH is 13. The molecule has 75 heavy (non-hydrogen) atoms. The molecule has 13 N–H and O–H groups in total. The van der Waals surface area contributed by atoms with Crippen molar-refractivity contribution in [1.82, 2.24) is 0 Å². The van der Waals surface area contributed by atoms with Gasteiger partial charge in [-0.1, -0.05) is 53.2 Å². The molecule has 0 spiro atoms. The molecule has 9 aliphatic rings. The van der Waals surface area contributed by atoms with E-state index in [4.69, 9.17) is 37.9 Å². The fourth-order valence-corrected chi connectivity index (χ4v) is 16.2. The molecule has 0 aromatic heterocycles. The lowest BCUT2D eigenvalue weighted by Crippen LogP contribution is -2.67. The first-order chi connectivity index (χ1) is 35.2. The zero-order chi connectivity index (χ0) is 54.7. The molecule has 430 valence electrons. The number of aliphatic hydroxyl groups is 13. The van der Waals surface area contributed by atoms with Gasteiger partial charge in [-0.25, -0.2) is 0 Å². The van der Waals surface area contributed by atoms with Crippen molar-refractivity contribution in [1.29, 1.82) is 0 Å². The van der Waals surface area contributed by atoms with E-state index in [1.165, 1.54) is 12.5 Å². The first-order valence-corrected chi connectivity index (χ1v) is 27.3. The maximum Gasteiger partial charge on any atom is 0.315 e. The summed E-state index contributed by atoms with van der Waals surface area (Å²) in [7, 11) is 0. The molecule has 8 fully saturated rings. The quantitative estimate of drug-likeness (QED) is 0.0643. The highest BCUT2D eigenvalue weighted by Gasteiger charge is 2.71. The molecule has 0 aromatic carbocycles. The van der Waals surface area contributed by atoms with Gasteiger partial charge in [-0.3, -0.25) is 4.79 Å². The van der Waals surface area contributed by atoms with Crippen LogP contribution in [0.2, 0.25) is 0 Å². The van der Waals surface area contributed by atoms with Crippen LogP contribution >= 0.6 is 0 Å². The van der Waals surface area contributed by atoms with Crippen molar-refractivity contribution < 1.29 is 109 Å². The summed E-state index contributed by atoms with van der Waals surface area (Å²) < 4.78 is 47.5. The van der Waals surface area contributed by atoms with E-state index in [-0.39, 0.29) is 52.6 Å². The van der Waals surface area contributed by atoms with Gasteiger partial charge in [-0.15, -0.1) is 0 Å². The summed E-state index contributed by atoms with van der Waals surface area (Å²) in [5.41, 5.74) is -1.45. The predicted octanol–water partition coefficient (Wildman–Crippen LogP) is -1.40. The van der Waals surface area contributed by atoms with Crippen molar-refractivity contribution in [3.63, 3.8) is 0 Å². The highest BCUT2D eigenvalue weighted by molar-refractivity contribution is 5.79. The summed E-state index contributed by atoms with van der Waals surface area (Å²) in [5.74, 6) is -0.578. The third kappa shape index (κ3) is 9.40. The molecule has 9 unspecified atom stereocenters. The molecule has 4 aliphatic heterocycles. The number of carbonyl (C=O) groups excluding carboxylic acids is 1. The molecular weight excluding hydrogens is 989 g/mol. The molecule has 0 bridgehead atoms. The lowest BCUT2D eigenvalue weighted by molar-refractivity contribution is -0.382. The molecule has 9 rings (SSSR count). The molecule has 0 radical (unpaired) electrons. The summed E-state index contributed by atoms with van der Waals surface area (Å²) in [6, 6.07) is 0. The lowest BCUT2D eigenvalue weighted by atomic mass is 9.33. The van der Waals surface area contributed by atoms with E-state index in [1.54, 1.807) is 0 Å². The van der Waals surface area contributed by atoms with Crippen LogP contribution in [0.4, 0.5) is 0 Å². The Bertz CT molecular complexity index is 2060. The van der Waals surface area contributed by atoms with Crippen LogP contribution in [0.25, 0.3) is 0 Å². The van der Waals surface area contributed by atoms with Gasteiger partial charge in [-0.2, -0.15) is 0 Å². The maximum absolute atomic E-state index is 14.7. The van der Waals surface area contributed by atoms with Crippen LogP contribution in [0.5, 0.6) is 0 Å². The fourth-order valence-electron chi connectivity index (χ4n) is 16.2. The van der Waals surface area contributed by atoms with Gasteiger partial charge in [0.1, 0.15) is 85.5 Å². The first kappa shape index (κ1) is 58.1. The summed E-state index contributed by atoms with van der Waals surface area (Å²) in [6.45, 7) is 13.0. The van der Waals surface area contributed by atoms with Gasteiger partial charge >= 0.3 is 5.97 Å². The molecule has 22 nitrogen and oxygen atoms in total. The van der Waals surface area contributed by atoms with Gasteiger partial charge in [0.15, 0.2) is 18.9 Å². The summed E-state index contributed by atoms with van der Waals surface area (Å²) in [5, 5.41) is 139. The van der Waals surface area contributed by atoms with Crippen molar-refractivity contribution in [2.24, 2.45) is 50.2 Å². The number of esters is 1. The van der Waals surface area contributed by atoms with E-state index in [1.807, 2.05) is 6.92 Å². The van der Waals surface area contributed by atoms with Gasteiger partial charge in [-0.05, 0) is 111 Å². The Kier molecular flexibility index (Phi) is 16.3. The number of rotatable bonds is 11. The monoisotopic (exact) mass is 1070 g/mol. The summed E-state index contributed by atoms with van der Waals surface area (Å²) >= 11 is 0. The standard InChI is InChI=1S/C53H86O22/c1-23-32(57)36(61)40(65)44(69-23)74-42-38(63)34(59)27(20-55)71-46(42)72-28-21-68-43(39(64)35(28)60)73-31-11-12-49(4)29(50(31,5)22-56)10-13-52(7)30(49)9-8-24-25-18-48(2,3)14-16-53(25,17-15-51(24,52)6)47(67)75-45-41(66)37(62)33(58)26(19-54)70-45/h8,23,25-46,54-66H,9-22H2,1-7H3/t23-,25?,26+,27+,28-,29?,30?,31?,32+,33+,34+,35-,36+,37-,38-,39+,40+,41+,42+,43-,44-,45-,46-,49?,50?,51?,52?,53?/m0/s1. The maximum atomic E-state index is 14.7. The van der Waals surface area contributed by atoms with Crippen molar-refractivity contribution >= 4 is 5.97 Å². The fraction of sp³-hybridized carbons (Fsp3) is 0.943. The minimum atomic E-state index is -1.81. The van der Waals surface area contributed by atoms with Gasteiger partial charge in [0, 0.05) is 5.41 Å². The van der Waals surface area contributed by atoms with Crippen LogP contribution in [-0.2, 0) is 42.7 Å². The highest BCUT2D eigenvalue weighted by atomic mass is 16.8. The molecule has 22 heteroatoms. The van der Waals surface area contributed by atoms with E-state index >= 15 is 0 Å². The number of ether oxygens (including phenoxy) is 8. The van der Waals surface area contributed by atoms with Crippen LogP contribution in [0.3, 0.4) is 0 Å². The second-order valence-electron chi connectivity index (χ2n) is 25.6. The molecule has 4 saturated heterocycles. The zero-order valence-electron chi connectivity index (χ0n) is 44.2. The Labute approximate surface area is 437 Å². The molecule has 28 atom stereocenters. The minimum absolute atomic E-state index is 0.0439.